The molecular weight excluding hydrogens is 439 g/mol. The van der Waals surface area contributed by atoms with E-state index in [1.54, 1.807) is 12.1 Å². The van der Waals surface area contributed by atoms with Crippen molar-refractivity contribution in [3.05, 3.63) is 96.4 Å². The minimum atomic E-state index is -0.234. The number of carbonyl (C=O) groups excluding carboxylic acids is 1. The number of pyridine rings is 1. The minimum Gasteiger partial charge on any atom is -0.455 e. The van der Waals surface area contributed by atoms with Gasteiger partial charge in [0.2, 0.25) is 5.91 Å². The molecule has 35 heavy (non-hydrogen) atoms. The summed E-state index contributed by atoms with van der Waals surface area (Å²) >= 11 is 0. The SMILES string of the molecule is CC(C(=O)Nc1ccccc1Oc1ccccc1)C1CCC(c2ccnc3ccc(F)cc23)CC1. The van der Waals surface area contributed by atoms with Crippen molar-refractivity contribution >= 4 is 22.5 Å². The highest BCUT2D eigenvalue weighted by atomic mass is 19.1. The fourth-order valence-corrected chi connectivity index (χ4v) is 5.16. The number of fused-ring (bicyclic) bond motifs is 1. The van der Waals surface area contributed by atoms with Crippen LogP contribution >= 0.6 is 0 Å². The largest absolute Gasteiger partial charge is 0.455 e. The molecule has 0 bridgehead atoms. The summed E-state index contributed by atoms with van der Waals surface area (Å²) in [4.78, 5) is 17.6. The van der Waals surface area contributed by atoms with Crippen LogP contribution in [0.1, 0.15) is 44.1 Å². The number of nitrogens with zero attached hydrogens (tertiary/aromatic N) is 1. The molecule has 4 nitrogen and oxygen atoms in total. The zero-order valence-electron chi connectivity index (χ0n) is 19.8. The smallest absolute Gasteiger partial charge is 0.227 e. The Hall–Kier alpha value is -3.73. The second kappa shape index (κ2) is 10.3. The second-order valence-corrected chi connectivity index (χ2v) is 9.36. The van der Waals surface area contributed by atoms with Crippen LogP contribution in [0.4, 0.5) is 10.1 Å². The number of halogens is 1. The van der Waals surface area contributed by atoms with E-state index < -0.39 is 0 Å². The fourth-order valence-electron chi connectivity index (χ4n) is 5.16. The molecule has 3 aromatic carbocycles. The van der Waals surface area contributed by atoms with E-state index in [1.807, 2.05) is 73.8 Å². The van der Waals surface area contributed by atoms with Gasteiger partial charge in [0.25, 0.3) is 0 Å². The number of hydrogen-bond donors (Lipinski definition) is 1. The van der Waals surface area contributed by atoms with E-state index in [0.29, 0.717) is 23.3 Å². The van der Waals surface area contributed by atoms with Gasteiger partial charge in [0.15, 0.2) is 5.75 Å². The second-order valence-electron chi connectivity index (χ2n) is 9.36. The van der Waals surface area contributed by atoms with Crippen LogP contribution in [0.15, 0.2) is 85.1 Å². The number of benzene rings is 3. The average molecular weight is 469 g/mol. The number of anilines is 1. The van der Waals surface area contributed by atoms with Gasteiger partial charge in [0.1, 0.15) is 11.6 Å². The number of nitrogens with one attached hydrogen (secondary N) is 1. The topological polar surface area (TPSA) is 51.2 Å². The Morgan fingerprint density at radius 2 is 1.71 bits per heavy atom. The Labute approximate surface area is 205 Å². The molecular formula is C30H29FN2O2. The Morgan fingerprint density at radius 1 is 0.971 bits per heavy atom. The lowest BCUT2D eigenvalue weighted by Crippen LogP contribution is -2.29. The molecule has 1 heterocycles. The summed E-state index contributed by atoms with van der Waals surface area (Å²) in [5.74, 6) is 1.67. The summed E-state index contributed by atoms with van der Waals surface area (Å²) in [7, 11) is 0. The van der Waals surface area contributed by atoms with Crippen molar-refractivity contribution in [3.8, 4) is 11.5 Å². The molecule has 1 atom stereocenters. The maximum atomic E-state index is 13.9. The predicted octanol–water partition coefficient (Wildman–Crippen LogP) is 7.71. The molecule has 5 heteroatoms. The maximum Gasteiger partial charge on any atom is 0.227 e. The predicted molar refractivity (Wildman–Crippen MR) is 137 cm³/mol. The summed E-state index contributed by atoms with van der Waals surface area (Å²) in [6.07, 6.45) is 5.69. The third kappa shape index (κ3) is 5.19. The quantitative estimate of drug-likeness (QED) is 0.315. The molecule has 0 radical (unpaired) electrons. The van der Waals surface area contributed by atoms with Gasteiger partial charge in [-0.05, 0) is 91.6 Å². The highest BCUT2D eigenvalue weighted by molar-refractivity contribution is 5.94. The molecule has 5 rings (SSSR count). The van der Waals surface area contributed by atoms with E-state index in [2.05, 4.69) is 10.3 Å². The molecule has 1 N–H and O–H groups in total. The number of ether oxygens (including phenoxy) is 1. The summed E-state index contributed by atoms with van der Waals surface area (Å²) in [5, 5.41) is 3.99. The van der Waals surface area contributed by atoms with Crippen LogP contribution in [0.3, 0.4) is 0 Å². The summed E-state index contributed by atoms with van der Waals surface area (Å²) in [5.41, 5.74) is 2.67. The van der Waals surface area contributed by atoms with E-state index in [9.17, 15) is 9.18 Å². The van der Waals surface area contributed by atoms with Crippen molar-refractivity contribution in [3.63, 3.8) is 0 Å². The summed E-state index contributed by atoms with van der Waals surface area (Å²) in [6.45, 7) is 2.01. The van der Waals surface area contributed by atoms with Crippen molar-refractivity contribution in [2.24, 2.45) is 11.8 Å². The van der Waals surface area contributed by atoms with Crippen LogP contribution in [0.5, 0.6) is 11.5 Å². The Kier molecular flexibility index (Phi) is 6.75. The van der Waals surface area contributed by atoms with Gasteiger partial charge in [-0.3, -0.25) is 9.78 Å². The normalized spacial score (nSPS) is 18.7. The van der Waals surface area contributed by atoms with Crippen molar-refractivity contribution in [2.75, 3.05) is 5.32 Å². The summed E-state index contributed by atoms with van der Waals surface area (Å²) < 4.78 is 19.9. The lowest BCUT2D eigenvalue weighted by Gasteiger charge is -2.32. The van der Waals surface area contributed by atoms with Crippen molar-refractivity contribution in [2.45, 2.75) is 38.5 Å². The molecule has 1 aliphatic rings. The first-order valence-corrected chi connectivity index (χ1v) is 12.3. The van der Waals surface area contributed by atoms with Crippen molar-refractivity contribution < 1.29 is 13.9 Å². The van der Waals surface area contributed by atoms with Crippen molar-refractivity contribution in [1.82, 2.24) is 4.98 Å². The van der Waals surface area contributed by atoms with Crippen LogP contribution < -0.4 is 10.1 Å². The molecule has 1 amide bonds. The lowest BCUT2D eigenvalue weighted by molar-refractivity contribution is -0.121. The van der Waals surface area contributed by atoms with E-state index in [0.717, 1.165) is 47.9 Å². The Bertz CT molecular complexity index is 1320. The fraction of sp³-hybridized carbons (Fsp3) is 0.267. The Morgan fingerprint density at radius 3 is 2.51 bits per heavy atom. The van der Waals surface area contributed by atoms with Crippen LogP contribution in [0, 0.1) is 17.7 Å². The van der Waals surface area contributed by atoms with Gasteiger partial charge in [0, 0.05) is 17.5 Å². The molecule has 1 aliphatic carbocycles. The van der Waals surface area contributed by atoms with E-state index in [1.165, 1.54) is 6.07 Å². The molecule has 1 saturated carbocycles. The molecule has 4 aromatic rings. The molecule has 1 fully saturated rings. The number of rotatable bonds is 6. The number of aromatic nitrogens is 1. The Balaban J connectivity index is 1.23. The highest BCUT2D eigenvalue weighted by Gasteiger charge is 2.30. The molecule has 1 aromatic heterocycles. The number of carbonyl (C=O) groups is 1. The first-order chi connectivity index (χ1) is 17.1. The summed E-state index contributed by atoms with van der Waals surface area (Å²) in [6, 6.07) is 23.9. The first-order valence-electron chi connectivity index (χ1n) is 12.3. The average Bonchev–Trinajstić information content (AvgIpc) is 2.89. The monoisotopic (exact) mass is 468 g/mol. The van der Waals surface area contributed by atoms with Crippen LogP contribution in [0.2, 0.25) is 0 Å². The van der Waals surface area contributed by atoms with Gasteiger partial charge >= 0.3 is 0 Å². The zero-order valence-corrected chi connectivity index (χ0v) is 19.8. The molecule has 1 unspecified atom stereocenters. The minimum absolute atomic E-state index is 0.00833. The van der Waals surface area contributed by atoms with Gasteiger partial charge in [-0.25, -0.2) is 4.39 Å². The highest BCUT2D eigenvalue weighted by Crippen LogP contribution is 2.41. The van der Waals surface area contributed by atoms with Gasteiger partial charge < -0.3 is 10.1 Å². The standard InChI is InChI=1S/C30H29FN2O2/c1-20(30(34)33-28-9-5-6-10-29(28)35-24-7-3-2-4-8-24)21-11-13-22(14-12-21)25-17-18-32-27-16-15-23(31)19-26(25)27/h2-10,15-22H,11-14H2,1H3,(H,33,34). The van der Waals surface area contributed by atoms with Gasteiger partial charge in [0.05, 0.1) is 11.2 Å². The third-order valence-electron chi connectivity index (χ3n) is 7.19. The van der Waals surface area contributed by atoms with E-state index in [-0.39, 0.29) is 17.6 Å². The molecule has 0 saturated heterocycles. The first kappa shape index (κ1) is 23.0. The van der Waals surface area contributed by atoms with E-state index in [4.69, 9.17) is 4.74 Å². The number of amides is 1. The van der Waals surface area contributed by atoms with Gasteiger partial charge in [-0.1, -0.05) is 37.3 Å². The third-order valence-corrected chi connectivity index (χ3v) is 7.19. The van der Waals surface area contributed by atoms with Crippen LogP contribution in [-0.4, -0.2) is 10.9 Å². The van der Waals surface area contributed by atoms with Gasteiger partial charge in [-0.2, -0.15) is 0 Å². The van der Waals surface area contributed by atoms with Crippen LogP contribution in [-0.2, 0) is 4.79 Å². The molecule has 178 valence electrons. The zero-order chi connectivity index (χ0) is 24.2. The number of hydrogen-bond acceptors (Lipinski definition) is 3. The molecule has 0 spiro atoms. The van der Waals surface area contributed by atoms with Gasteiger partial charge in [-0.15, -0.1) is 0 Å². The number of para-hydroxylation sites is 3. The lowest BCUT2D eigenvalue weighted by atomic mass is 9.73. The van der Waals surface area contributed by atoms with Crippen molar-refractivity contribution in [1.29, 1.82) is 0 Å². The van der Waals surface area contributed by atoms with E-state index >= 15 is 0 Å². The maximum absolute atomic E-state index is 13.9. The van der Waals surface area contributed by atoms with Crippen LogP contribution in [0.25, 0.3) is 10.9 Å². The molecule has 0 aliphatic heterocycles.